The molecule has 2 aliphatic heterocycles. The van der Waals surface area contributed by atoms with E-state index in [9.17, 15) is 40.7 Å². The topological polar surface area (TPSA) is 112 Å². The maximum absolute atomic E-state index is 13.6. The lowest BCUT2D eigenvalue weighted by atomic mass is 9.80. The van der Waals surface area contributed by atoms with Crippen molar-refractivity contribution in [2.24, 2.45) is 0 Å². The fraction of sp³-hybridized carbons (Fsp3) is 0.167. The van der Waals surface area contributed by atoms with Crippen molar-refractivity contribution in [1.82, 2.24) is 10.3 Å². The van der Waals surface area contributed by atoms with Crippen LogP contribution in [-0.4, -0.2) is 35.1 Å². The molecule has 0 saturated heterocycles. The number of alkyl halides is 6. The molecule has 38 heavy (non-hydrogen) atoms. The van der Waals surface area contributed by atoms with Crippen LogP contribution in [0.25, 0.3) is 0 Å². The number of nitrogens with zero attached hydrogens (tertiary/aromatic N) is 1. The van der Waals surface area contributed by atoms with E-state index in [0.717, 1.165) is 12.1 Å². The number of amides is 3. The summed E-state index contributed by atoms with van der Waals surface area (Å²) in [5, 5.41) is 9.69. The SMILES string of the molecule is O=C(Nc1ccc2c(c1)NC(=O)C2(C(F)(F)F)C(F)(F)F)c1cccnc1Nc1cccc2c1CNC2=O. The van der Waals surface area contributed by atoms with Crippen molar-refractivity contribution in [3.63, 3.8) is 0 Å². The average Bonchev–Trinajstić information content (AvgIpc) is 3.36. The van der Waals surface area contributed by atoms with Crippen LogP contribution in [0.4, 0.5) is 49.2 Å². The summed E-state index contributed by atoms with van der Waals surface area (Å²) in [5.74, 6) is -3.24. The Morgan fingerprint density at radius 3 is 2.42 bits per heavy atom. The second-order valence-electron chi connectivity index (χ2n) is 8.45. The van der Waals surface area contributed by atoms with Crippen LogP contribution in [0.5, 0.6) is 0 Å². The maximum atomic E-state index is 13.6. The Morgan fingerprint density at radius 1 is 0.974 bits per heavy atom. The molecule has 14 heteroatoms. The summed E-state index contributed by atoms with van der Waals surface area (Å²) < 4.78 is 81.7. The molecular formula is C24H15F6N5O3. The minimum Gasteiger partial charge on any atom is -0.348 e. The minimum absolute atomic E-state index is 0.00755. The first-order chi connectivity index (χ1) is 17.8. The van der Waals surface area contributed by atoms with E-state index < -0.39 is 40.8 Å². The van der Waals surface area contributed by atoms with E-state index in [1.165, 1.54) is 18.3 Å². The molecule has 0 unspecified atom stereocenters. The van der Waals surface area contributed by atoms with Crippen LogP contribution in [0.2, 0.25) is 0 Å². The van der Waals surface area contributed by atoms with Crippen molar-refractivity contribution < 1.29 is 40.7 Å². The molecule has 0 bridgehead atoms. The smallest absolute Gasteiger partial charge is 0.348 e. The Morgan fingerprint density at radius 2 is 1.71 bits per heavy atom. The van der Waals surface area contributed by atoms with E-state index in [1.54, 1.807) is 23.5 Å². The summed E-state index contributed by atoms with van der Waals surface area (Å²) in [5.41, 5.74) is -5.34. The summed E-state index contributed by atoms with van der Waals surface area (Å²) in [6.45, 7) is 0.254. The highest BCUT2D eigenvalue weighted by Crippen LogP contribution is 2.57. The van der Waals surface area contributed by atoms with Crippen molar-refractivity contribution in [3.05, 3.63) is 77.0 Å². The number of hydrogen-bond donors (Lipinski definition) is 4. The molecule has 2 aromatic carbocycles. The molecule has 4 N–H and O–H groups in total. The number of rotatable bonds is 4. The number of carbonyl (C=O) groups excluding carboxylic acids is 3. The number of fused-ring (bicyclic) bond motifs is 2. The van der Waals surface area contributed by atoms with E-state index in [4.69, 9.17) is 0 Å². The molecule has 0 aliphatic carbocycles. The third-order valence-electron chi connectivity index (χ3n) is 6.27. The highest BCUT2D eigenvalue weighted by molar-refractivity contribution is 6.11. The largest absolute Gasteiger partial charge is 0.416 e. The molecule has 3 aromatic rings. The van der Waals surface area contributed by atoms with Crippen LogP contribution >= 0.6 is 0 Å². The van der Waals surface area contributed by atoms with E-state index in [2.05, 4.69) is 20.9 Å². The zero-order valence-electron chi connectivity index (χ0n) is 18.8. The molecule has 3 amide bonds. The minimum atomic E-state index is -5.96. The number of pyridine rings is 1. The van der Waals surface area contributed by atoms with Gasteiger partial charge >= 0.3 is 12.4 Å². The highest BCUT2D eigenvalue weighted by atomic mass is 19.4. The number of carbonyl (C=O) groups is 3. The number of aromatic nitrogens is 1. The Hall–Kier alpha value is -4.62. The molecule has 5 rings (SSSR count). The van der Waals surface area contributed by atoms with Gasteiger partial charge in [-0.05, 0) is 36.4 Å². The standard InChI is InChI=1S/C24H15F6N5O3/c25-23(26,27)22(24(28,29)30)15-7-6-11(9-17(15)35-21(22)38)33-20(37)13-4-2-8-31-18(13)34-16-5-1-3-12-14(16)10-32-19(12)36/h1-9H,10H2,(H,31,34)(H,32,36)(H,33,37)(H,35,38). The molecule has 1 aromatic heterocycles. The molecule has 0 radical (unpaired) electrons. The Balaban J connectivity index is 1.44. The molecule has 8 nitrogen and oxygen atoms in total. The van der Waals surface area contributed by atoms with Gasteiger partial charge in [-0.3, -0.25) is 14.4 Å². The molecular weight excluding hydrogens is 520 g/mol. The number of anilines is 4. The normalized spacial score (nSPS) is 15.8. The molecule has 0 atom stereocenters. The monoisotopic (exact) mass is 535 g/mol. The number of hydrogen-bond acceptors (Lipinski definition) is 5. The van der Waals surface area contributed by atoms with Crippen LogP contribution in [0.15, 0.2) is 54.7 Å². The van der Waals surface area contributed by atoms with Crippen molar-refractivity contribution >= 4 is 40.6 Å². The van der Waals surface area contributed by atoms with Gasteiger partial charge in [0.15, 0.2) is 0 Å². The summed E-state index contributed by atoms with van der Waals surface area (Å²) in [6.07, 6.45) is -10.5. The average molecular weight is 535 g/mol. The van der Waals surface area contributed by atoms with Gasteiger partial charge in [0.05, 0.1) is 5.56 Å². The molecule has 2 aliphatic rings. The molecule has 0 saturated carbocycles. The summed E-state index contributed by atoms with van der Waals surface area (Å²) in [4.78, 5) is 41.1. The van der Waals surface area contributed by atoms with Gasteiger partial charge in [0.25, 0.3) is 23.1 Å². The van der Waals surface area contributed by atoms with Gasteiger partial charge in [-0.1, -0.05) is 12.1 Å². The molecule has 3 heterocycles. The van der Waals surface area contributed by atoms with Gasteiger partial charge in [0, 0.05) is 46.5 Å². The quantitative estimate of drug-likeness (QED) is 0.364. The Labute approximate surface area is 209 Å². The van der Waals surface area contributed by atoms with Crippen molar-refractivity contribution in [2.45, 2.75) is 24.3 Å². The van der Waals surface area contributed by atoms with E-state index in [1.807, 2.05) is 0 Å². The van der Waals surface area contributed by atoms with Gasteiger partial charge < -0.3 is 21.3 Å². The fourth-order valence-corrected chi connectivity index (χ4v) is 4.50. The lowest BCUT2D eigenvalue weighted by Crippen LogP contribution is -2.58. The van der Waals surface area contributed by atoms with Gasteiger partial charge in [-0.25, -0.2) is 4.98 Å². The van der Waals surface area contributed by atoms with E-state index >= 15 is 0 Å². The van der Waals surface area contributed by atoms with E-state index in [0.29, 0.717) is 22.9 Å². The second-order valence-corrected chi connectivity index (χ2v) is 8.45. The number of nitrogens with one attached hydrogen (secondary N) is 4. The van der Waals surface area contributed by atoms with Crippen LogP contribution in [0.3, 0.4) is 0 Å². The van der Waals surface area contributed by atoms with Crippen molar-refractivity contribution in [2.75, 3.05) is 16.0 Å². The first-order valence-corrected chi connectivity index (χ1v) is 10.9. The summed E-state index contributed by atoms with van der Waals surface area (Å²) in [6, 6.07) is 9.94. The highest BCUT2D eigenvalue weighted by Gasteiger charge is 2.78. The predicted molar refractivity (Wildman–Crippen MR) is 122 cm³/mol. The maximum Gasteiger partial charge on any atom is 0.416 e. The third-order valence-corrected chi connectivity index (χ3v) is 6.27. The van der Waals surface area contributed by atoms with Crippen molar-refractivity contribution in [1.29, 1.82) is 0 Å². The number of halogens is 6. The lowest BCUT2D eigenvalue weighted by molar-refractivity contribution is -0.288. The first-order valence-electron chi connectivity index (χ1n) is 10.9. The van der Waals surface area contributed by atoms with Crippen LogP contribution in [0.1, 0.15) is 31.8 Å². The Kier molecular flexibility index (Phi) is 5.58. The lowest BCUT2D eigenvalue weighted by Gasteiger charge is -2.31. The third kappa shape index (κ3) is 3.71. The van der Waals surface area contributed by atoms with Gasteiger partial charge in [0.2, 0.25) is 0 Å². The van der Waals surface area contributed by atoms with Crippen LogP contribution < -0.4 is 21.3 Å². The van der Waals surface area contributed by atoms with Gasteiger partial charge in [-0.2, -0.15) is 26.3 Å². The molecule has 0 spiro atoms. The predicted octanol–water partition coefficient (Wildman–Crippen LogP) is 4.64. The van der Waals surface area contributed by atoms with Crippen molar-refractivity contribution in [3.8, 4) is 0 Å². The first kappa shape index (κ1) is 25.0. The van der Waals surface area contributed by atoms with E-state index in [-0.39, 0.29) is 29.5 Å². The molecule has 0 fully saturated rings. The van der Waals surface area contributed by atoms with Gasteiger partial charge in [-0.15, -0.1) is 0 Å². The summed E-state index contributed by atoms with van der Waals surface area (Å²) >= 11 is 0. The fourth-order valence-electron chi connectivity index (χ4n) is 4.50. The Bertz CT molecular complexity index is 1490. The second kappa shape index (κ2) is 8.46. The van der Waals surface area contributed by atoms with Crippen LogP contribution in [0, 0.1) is 0 Å². The van der Waals surface area contributed by atoms with Gasteiger partial charge in [0.1, 0.15) is 5.82 Å². The number of benzene rings is 2. The summed E-state index contributed by atoms with van der Waals surface area (Å²) in [7, 11) is 0. The zero-order valence-corrected chi connectivity index (χ0v) is 18.8. The van der Waals surface area contributed by atoms with Crippen LogP contribution in [-0.2, 0) is 16.8 Å². The molecule has 196 valence electrons. The zero-order chi connectivity index (χ0) is 27.5.